The van der Waals surface area contributed by atoms with E-state index in [0.717, 1.165) is 6.92 Å². The van der Waals surface area contributed by atoms with Crippen LogP contribution in [0.1, 0.15) is 111 Å². The maximum absolute atomic E-state index is 14.3. The number of likely N-dealkylation sites (tertiary alicyclic amines) is 1. The van der Waals surface area contributed by atoms with Crippen molar-refractivity contribution < 1.29 is 58.2 Å². The zero-order valence-electron chi connectivity index (χ0n) is 45.3. The van der Waals surface area contributed by atoms with Crippen LogP contribution in [0.25, 0.3) is 0 Å². The summed E-state index contributed by atoms with van der Waals surface area (Å²) in [6.45, 7) is 8.84. The van der Waals surface area contributed by atoms with Gasteiger partial charge in [0.25, 0.3) is 0 Å². The van der Waals surface area contributed by atoms with Gasteiger partial charge >= 0.3 is 5.97 Å². The van der Waals surface area contributed by atoms with Crippen molar-refractivity contribution in [3.05, 3.63) is 35.9 Å². The number of amides is 9. The summed E-state index contributed by atoms with van der Waals surface area (Å²) in [4.78, 5) is 136. The number of nitrogens with one attached hydrogen (secondary N) is 11. The largest absolute Gasteiger partial charge is 0.481 e. The molecule has 0 radical (unpaired) electrons. The average molecular weight is 1100 g/mol. The highest BCUT2D eigenvalue weighted by molar-refractivity contribution is 5.99. The van der Waals surface area contributed by atoms with Crippen LogP contribution in [-0.2, 0) is 54.4 Å². The Morgan fingerprint density at radius 1 is 0.641 bits per heavy atom. The molecule has 1 saturated heterocycles. The third-order valence-corrected chi connectivity index (χ3v) is 12.7. The number of aliphatic carboxylic acids is 1. The molecule has 10 atom stereocenters. The number of unbranched alkanes of at least 4 members (excludes halogenated alkanes) is 1. The highest BCUT2D eigenvalue weighted by Crippen LogP contribution is 2.22. The predicted octanol–water partition coefficient (Wildman–Crippen LogP) is -3.69. The highest BCUT2D eigenvalue weighted by Gasteiger charge is 2.39. The summed E-state index contributed by atoms with van der Waals surface area (Å²) in [5.74, 6) is -10.1. The van der Waals surface area contributed by atoms with Crippen LogP contribution in [0, 0.1) is 22.7 Å². The number of aliphatic hydroxyl groups is 1. The molecule has 28 nitrogen and oxygen atoms in total. The number of carboxylic acids is 1. The number of benzene rings is 1. The first kappa shape index (κ1) is 66.5. The third kappa shape index (κ3) is 24.2. The summed E-state index contributed by atoms with van der Waals surface area (Å²) in [7, 11) is 0. The smallest absolute Gasteiger partial charge is 0.305 e. The van der Waals surface area contributed by atoms with Crippen LogP contribution in [0.4, 0.5) is 0 Å². The molecule has 1 aromatic rings. The van der Waals surface area contributed by atoms with Crippen LogP contribution in [-0.4, -0.2) is 167 Å². The fraction of sp³-hybridized carbons (Fsp3) is 0.640. The van der Waals surface area contributed by atoms with Crippen molar-refractivity contribution in [2.24, 2.45) is 34.8 Å². The molecule has 436 valence electrons. The number of carboxylic acid groups (broad SMARTS) is 1. The Hall–Kier alpha value is -7.62. The van der Waals surface area contributed by atoms with E-state index in [9.17, 15) is 58.2 Å². The number of hydrogen-bond acceptors (Lipinski definition) is 14. The molecule has 1 fully saturated rings. The molecule has 78 heavy (non-hydrogen) atoms. The Morgan fingerprint density at radius 3 is 1.68 bits per heavy atom. The van der Waals surface area contributed by atoms with Gasteiger partial charge in [-0.3, -0.25) is 58.8 Å². The van der Waals surface area contributed by atoms with Gasteiger partial charge in [0, 0.05) is 32.0 Å². The summed E-state index contributed by atoms with van der Waals surface area (Å²) in [6, 6.07) is -2.71. The van der Waals surface area contributed by atoms with E-state index in [1.54, 1.807) is 37.3 Å². The lowest BCUT2D eigenvalue weighted by molar-refractivity contribution is -0.143. The van der Waals surface area contributed by atoms with Crippen LogP contribution >= 0.6 is 0 Å². The molecule has 21 N–H and O–H groups in total. The summed E-state index contributed by atoms with van der Waals surface area (Å²) < 4.78 is 0. The van der Waals surface area contributed by atoms with Crippen LogP contribution in [0.5, 0.6) is 0 Å². The Bertz CT molecular complexity index is 2220. The number of nitrogens with two attached hydrogens (primary N) is 4. The quantitative estimate of drug-likeness (QED) is 0.0177. The summed E-state index contributed by atoms with van der Waals surface area (Å²) in [6.07, 6.45) is -0.0700. The van der Waals surface area contributed by atoms with Crippen molar-refractivity contribution >= 4 is 71.1 Å². The van der Waals surface area contributed by atoms with Crippen molar-refractivity contribution in [1.29, 1.82) is 10.8 Å². The molecule has 0 saturated carbocycles. The first-order valence-corrected chi connectivity index (χ1v) is 26.3. The molecule has 1 aliphatic heterocycles. The second kappa shape index (κ2) is 34.2. The summed E-state index contributed by atoms with van der Waals surface area (Å²) >= 11 is 0. The fourth-order valence-electron chi connectivity index (χ4n) is 8.47. The molecule has 28 heteroatoms. The van der Waals surface area contributed by atoms with Crippen LogP contribution in [0.15, 0.2) is 30.3 Å². The van der Waals surface area contributed by atoms with E-state index < -0.39 is 120 Å². The second-order valence-electron chi connectivity index (χ2n) is 19.9. The third-order valence-electron chi connectivity index (χ3n) is 12.7. The second-order valence-corrected chi connectivity index (χ2v) is 19.9. The molecule has 1 aliphatic rings. The van der Waals surface area contributed by atoms with Gasteiger partial charge in [-0.25, -0.2) is 0 Å². The van der Waals surface area contributed by atoms with E-state index in [-0.39, 0.29) is 75.4 Å². The monoisotopic (exact) mass is 1100 g/mol. The molecule has 0 aliphatic carbocycles. The van der Waals surface area contributed by atoms with Gasteiger partial charge in [-0.05, 0) is 96.1 Å². The van der Waals surface area contributed by atoms with Gasteiger partial charge in [0.15, 0.2) is 11.9 Å². The van der Waals surface area contributed by atoms with Crippen LogP contribution in [0.2, 0.25) is 0 Å². The number of nitrogens with zero attached hydrogens (tertiary/aromatic N) is 1. The number of guanidine groups is 2. The average Bonchev–Trinajstić information content (AvgIpc) is 3.86. The number of aliphatic hydroxyl groups excluding tert-OH is 1. The van der Waals surface area contributed by atoms with Gasteiger partial charge in [-0.2, -0.15) is 0 Å². The Balaban J connectivity index is 2.34. The molecule has 1 aromatic carbocycles. The van der Waals surface area contributed by atoms with Crippen molar-refractivity contribution in [2.45, 2.75) is 166 Å². The fourth-order valence-corrected chi connectivity index (χ4v) is 8.47. The molecule has 0 spiro atoms. The molecule has 2 rings (SSSR count). The molecular formula is C50H84N16O12. The number of rotatable bonds is 35. The highest BCUT2D eigenvalue weighted by atomic mass is 16.4. The lowest BCUT2D eigenvalue weighted by Crippen LogP contribution is -2.61. The Kier molecular flexibility index (Phi) is 29.2. The van der Waals surface area contributed by atoms with Gasteiger partial charge < -0.3 is 85.9 Å². The van der Waals surface area contributed by atoms with Gasteiger partial charge in [-0.15, -0.1) is 0 Å². The van der Waals surface area contributed by atoms with Gasteiger partial charge in [0.2, 0.25) is 53.2 Å². The zero-order valence-corrected chi connectivity index (χ0v) is 45.3. The first-order chi connectivity index (χ1) is 36.7. The standard InChI is InChI=1S/C50H84N16O12/c1-27(2)24-34(40(52)70)62-42(72)33(18-12-22-58-50(55)56)61-44(74)35(25-31-15-7-6-8-16-31)63-43(73)32(17-9-10-20-51)60-45(75)36(26-38(68)69)64-47(77)39(30(5)67)65-41(71)29(4)59-46(76)37-19-13-23-66(37)48(78)28(3)14-11-21-57-49(53)54/h6-8,15-16,27-30,32-37,39,67H,9-14,17-26,51H2,1-5H3,(H2,52,70)(H,59,76)(H,60,75)(H,61,74)(H,62,72)(H,63,73)(H,64,77)(H,65,71)(H,68,69)(H4,53,54,57)(H4,55,56,58)/t28-,29-,30+,32-,33-,34-,35-,36-,37-,39-/m0/s1. The van der Waals surface area contributed by atoms with E-state index in [1.807, 2.05) is 13.8 Å². The van der Waals surface area contributed by atoms with Crippen molar-refractivity contribution in [1.82, 2.24) is 52.8 Å². The zero-order chi connectivity index (χ0) is 58.6. The maximum atomic E-state index is 14.3. The van der Waals surface area contributed by atoms with Gasteiger partial charge in [-0.1, -0.05) is 51.1 Å². The van der Waals surface area contributed by atoms with Crippen LogP contribution < -0.4 is 70.8 Å². The van der Waals surface area contributed by atoms with E-state index in [2.05, 4.69) is 47.9 Å². The van der Waals surface area contributed by atoms with Crippen LogP contribution in [0.3, 0.4) is 0 Å². The minimum absolute atomic E-state index is 0.0201. The molecule has 0 bridgehead atoms. The van der Waals surface area contributed by atoms with E-state index in [1.165, 1.54) is 11.8 Å². The molecular weight excluding hydrogens is 1020 g/mol. The number of hydrogen-bond donors (Lipinski definition) is 17. The Morgan fingerprint density at radius 2 is 1.15 bits per heavy atom. The molecule has 0 aromatic heterocycles. The summed E-state index contributed by atoms with van der Waals surface area (Å²) in [5, 5.41) is 58.1. The van der Waals surface area contributed by atoms with E-state index in [4.69, 9.17) is 33.8 Å². The molecule has 9 amide bonds. The van der Waals surface area contributed by atoms with E-state index >= 15 is 0 Å². The van der Waals surface area contributed by atoms with Crippen molar-refractivity contribution in [3.8, 4) is 0 Å². The SMILES string of the molecule is CC(C)C[C@H](NC(=O)[C@H](CCCNC(=N)N)NC(=O)[C@H](Cc1ccccc1)NC(=O)[C@H](CCCCN)NC(=O)[C@H](CC(=O)O)NC(=O)[C@@H](NC(=O)[C@H](C)NC(=O)[C@@H]1CCCN1C(=O)[C@@H](C)CCCNC(=N)N)[C@@H](C)O)C(N)=O. The number of carbonyl (C=O) groups is 10. The minimum Gasteiger partial charge on any atom is -0.481 e. The normalized spacial score (nSPS) is 16.5. The lowest BCUT2D eigenvalue weighted by Gasteiger charge is -2.29. The van der Waals surface area contributed by atoms with Gasteiger partial charge in [0.1, 0.15) is 48.3 Å². The van der Waals surface area contributed by atoms with Gasteiger partial charge in [0.05, 0.1) is 12.5 Å². The maximum Gasteiger partial charge on any atom is 0.305 e. The van der Waals surface area contributed by atoms with Crippen molar-refractivity contribution in [3.63, 3.8) is 0 Å². The topological polar surface area (TPSA) is 474 Å². The minimum atomic E-state index is -1.91. The number of carbonyl (C=O) groups excluding carboxylic acids is 9. The number of primary amides is 1. The lowest BCUT2D eigenvalue weighted by atomic mass is 10.0. The summed E-state index contributed by atoms with van der Waals surface area (Å²) in [5.41, 5.74) is 22.6. The Labute approximate surface area is 454 Å². The van der Waals surface area contributed by atoms with E-state index in [0.29, 0.717) is 50.8 Å². The predicted molar refractivity (Wildman–Crippen MR) is 287 cm³/mol. The van der Waals surface area contributed by atoms with Crippen molar-refractivity contribution in [2.75, 3.05) is 26.2 Å². The molecule has 1 heterocycles. The first-order valence-electron chi connectivity index (χ1n) is 26.3. The molecule has 0 unspecified atom stereocenters.